The molecule has 0 aliphatic carbocycles. The normalized spacial score (nSPS) is 14.8. The first-order chi connectivity index (χ1) is 13.7. The summed E-state index contributed by atoms with van der Waals surface area (Å²) in [5.41, 5.74) is 4.11. The Morgan fingerprint density at radius 1 is 0.929 bits per heavy atom. The van der Waals surface area contributed by atoms with Gasteiger partial charge in [-0.05, 0) is 41.5 Å². The molecule has 1 amide bonds. The van der Waals surface area contributed by atoms with Crippen LogP contribution >= 0.6 is 0 Å². The van der Waals surface area contributed by atoms with Crippen LogP contribution in [0.1, 0.15) is 15.9 Å². The van der Waals surface area contributed by atoms with Crippen molar-refractivity contribution < 1.29 is 9.18 Å². The average Bonchev–Trinajstić information content (AvgIpc) is 2.75. The van der Waals surface area contributed by atoms with Crippen LogP contribution in [-0.2, 0) is 6.54 Å². The SMILES string of the molecule is O=C(c1ccc(F)cc1)N1CCN(Cc2ccccc2-c2cccnc2)CC1. The Hall–Kier alpha value is -3.05. The van der Waals surface area contributed by atoms with E-state index >= 15 is 0 Å². The zero-order valence-corrected chi connectivity index (χ0v) is 15.6. The van der Waals surface area contributed by atoms with Crippen molar-refractivity contribution in [2.45, 2.75) is 6.54 Å². The van der Waals surface area contributed by atoms with Gasteiger partial charge in [0.2, 0.25) is 0 Å². The van der Waals surface area contributed by atoms with Crippen LogP contribution in [0.3, 0.4) is 0 Å². The zero-order valence-electron chi connectivity index (χ0n) is 15.6. The Labute approximate surface area is 164 Å². The molecule has 0 unspecified atom stereocenters. The highest BCUT2D eigenvalue weighted by molar-refractivity contribution is 5.94. The first kappa shape index (κ1) is 18.3. The van der Waals surface area contributed by atoms with Crippen molar-refractivity contribution in [3.63, 3.8) is 0 Å². The molecule has 4 nitrogen and oxygen atoms in total. The quantitative estimate of drug-likeness (QED) is 0.695. The third-order valence-corrected chi connectivity index (χ3v) is 5.13. The molecule has 2 aromatic carbocycles. The molecule has 0 atom stereocenters. The molecule has 4 rings (SSSR count). The number of pyridine rings is 1. The molecule has 0 spiro atoms. The maximum Gasteiger partial charge on any atom is 0.253 e. The Kier molecular flexibility index (Phi) is 5.44. The van der Waals surface area contributed by atoms with Crippen molar-refractivity contribution in [3.05, 3.63) is 90.0 Å². The van der Waals surface area contributed by atoms with Crippen LogP contribution in [0.4, 0.5) is 4.39 Å². The zero-order chi connectivity index (χ0) is 19.3. The summed E-state index contributed by atoms with van der Waals surface area (Å²) >= 11 is 0. The molecule has 142 valence electrons. The molecule has 1 aliphatic heterocycles. The van der Waals surface area contributed by atoms with Crippen LogP contribution in [0.2, 0.25) is 0 Å². The average molecular weight is 375 g/mol. The maximum atomic E-state index is 13.1. The van der Waals surface area contributed by atoms with Crippen molar-refractivity contribution >= 4 is 5.91 Å². The second-order valence-electron chi connectivity index (χ2n) is 6.97. The Morgan fingerprint density at radius 2 is 1.68 bits per heavy atom. The lowest BCUT2D eigenvalue weighted by Gasteiger charge is -2.35. The van der Waals surface area contributed by atoms with E-state index in [0.717, 1.165) is 25.2 Å². The summed E-state index contributed by atoms with van der Waals surface area (Å²) < 4.78 is 13.1. The maximum absolute atomic E-state index is 13.1. The van der Waals surface area contributed by atoms with Crippen LogP contribution in [0.15, 0.2) is 73.1 Å². The third-order valence-electron chi connectivity index (χ3n) is 5.13. The third kappa shape index (κ3) is 4.10. The largest absolute Gasteiger partial charge is 0.336 e. The summed E-state index contributed by atoms with van der Waals surface area (Å²) in [4.78, 5) is 21.0. The minimum atomic E-state index is -0.325. The highest BCUT2D eigenvalue weighted by atomic mass is 19.1. The number of hydrogen-bond acceptors (Lipinski definition) is 3. The lowest BCUT2D eigenvalue weighted by Crippen LogP contribution is -2.48. The van der Waals surface area contributed by atoms with Gasteiger partial charge in [0.05, 0.1) is 0 Å². The first-order valence-electron chi connectivity index (χ1n) is 9.46. The van der Waals surface area contributed by atoms with Gasteiger partial charge in [-0.1, -0.05) is 30.3 Å². The van der Waals surface area contributed by atoms with E-state index in [9.17, 15) is 9.18 Å². The molecule has 1 aromatic heterocycles. The lowest BCUT2D eigenvalue weighted by atomic mass is 10.0. The smallest absolute Gasteiger partial charge is 0.253 e. The van der Waals surface area contributed by atoms with E-state index in [4.69, 9.17) is 0 Å². The summed E-state index contributed by atoms with van der Waals surface area (Å²) in [6.07, 6.45) is 3.67. The van der Waals surface area contributed by atoms with Crippen LogP contribution < -0.4 is 0 Å². The molecular formula is C23H22FN3O. The summed E-state index contributed by atoms with van der Waals surface area (Å²) in [5.74, 6) is -0.357. The fourth-order valence-corrected chi connectivity index (χ4v) is 3.59. The molecule has 0 saturated carbocycles. The summed E-state index contributed by atoms with van der Waals surface area (Å²) in [6, 6.07) is 18.2. The monoisotopic (exact) mass is 375 g/mol. The van der Waals surface area contributed by atoms with Gasteiger partial charge in [0.1, 0.15) is 5.82 Å². The summed E-state index contributed by atoms with van der Waals surface area (Å²) in [7, 11) is 0. The van der Waals surface area contributed by atoms with Gasteiger partial charge in [0.15, 0.2) is 0 Å². The molecule has 2 heterocycles. The van der Waals surface area contributed by atoms with Crippen LogP contribution in [0, 0.1) is 5.82 Å². The number of halogens is 1. The van der Waals surface area contributed by atoms with Gasteiger partial charge in [-0.25, -0.2) is 4.39 Å². The van der Waals surface area contributed by atoms with E-state index in [2.05, 4.69) is 34.1 Å². The summed E-state index contributed by atoms with van der Waals surface area (Å²) in [6.45, 7) is 3.81. The molecule has 3 aromatic rings. The first-order valence-corrected chi connectivity index (χ1v) is 9.46. The van der Waals surface area contributed by atoms with Crippen LogP contribution in [0.5, 0.6) is 0 Å². The Bertz CT molecular complexity index is 936. The van der Waals surface area contributed by atoms with E-state index in [1.165, 1.54) is 23.3 Å². The number of nitrogens with zero attached hydrogens (tertiary/aromatic N) is 3. The number of amides is 1. The van der Waals surface area contributed by atoms with Gasteiger partial charge in [-0.15, -0.1) is 0 Å². The number of rotatable bonds is 4. The molecule has 0 N–H and O–H groups in total. The number of carbonyl (C=O) groups excluding carboxylic acids is 1. The lowest BCUT2D eigenvalue weighted by molar-refractivity contribution is 0.0628. The highest BCUT2D eigenvalue weighted by Crippen LogP contribution is 2.24. The molecule has 0 bridgehead atoms. The molecule has 0 radical (unpaired) electrons. The number of piperazine rings is 1. The fraction of sp³-hybridized carbons (Fsp3) is 0.217. The van der Waals surface area contributed by atoms with Crippen LogP contribution in [0.25, 0.3) is 11.1 Å². The predicted octanol–water partition coefficient (Wildman–Crippen LogP) is 3.85. The Balaban J connectivity index is 1.40. The van der Waals surface area contributed by atoms with E-state index < -0.39 is 0 Å². The molecular weight excluding hydrogens is 353 g/mol. The topological polar surface area (TPSA) is 36.4 Å². The molecule has 28 heavy (non-hydrogen) atoms. The number of benzene rings is 2. The van der Waals surface area contributed by atoms with Crippen molar-refractivity contribution in [3.8, 4) is 11.1 Å². The van der Waals surface area contributed by atoms with Gasteiger partial charge >= 0.3 is 0 Å². The standard InChI is InChI=1S/C23H22FN3O/c24-21-9-7-18(8-10-21)23(28)27-14-12-26(13-15-27)17-20-4-1-2-6-22(20)19-5-3-11-25-16-19/h1-11,16H,12-15,17H2. The van der Waals surface area contributed by atoms with Gasteiger partial charge in [-0.2, -0.15) is 0 Å². The van der Waals surface area contributed by atoms with Gasteiger partial charge < -0.3 is 4.90 Å². The van der Waals surface area contributed by atoms with E-state index in [1.807, 2.05) is 23.2 Å². The number of hydrogen-bond donors (Lipinski definition) is 0. The van der Waals surface area contributed by atoms with Gasteiger partial charge in [0, 0.05) is 56.2 Å². The van der Waals surface area contributed by atoms with Crippen molar-refractivity contribution in [2.24, 2.45) is 0 Å². The van der Waals surface area contributed by atoms with E-state index in [0.29, 0.717) is 18.7 Å². The highest BCUT2D eigenvalue weighted by Gasteiger charge is 2.22. The molecule has 1 aliphatic rings. The minimum absolute atomic E-state index is 0.0320. The summed E-state index contributed by atoms with van der Waals surface area (Å²) in [5, 5.41) is 0. The van der Waals surface area contributed by atoms with Crippen molar-refractivity contribution in [1.82, 2.24) is 14.8 Å². The predicted molar refractivity (Wildman–Crippen MR) is 107 cm³/mol. The molecule has 5 heteroatoms. The minimum Gasteiger partial charge on any atom is -0.336 e. The van der Waals surface area contributed by atoms with Gasteiger partial charge in [0.25, 0.3) is 5.91 Å². The van der Waals surface area contributed by atoms with Crippen molar-refractivity contribution in [2.75, 3.05) is 26.2 Å². The number of aromatic nitrogens is 1. The fourth-order valence-electron chi connectivity index (χ4n) is 3.59. The molecule has 1 fully saturated rings. The van der Waals surface area contributed by atoms with Gasteiger partial charge in [-0.3, -0.25) is 14.7 Å². The van der Waals surface area contributed by atoms with E-state index in [1.54, 1.807) is 18.3 Å². The van der Waals surface area contributed by atoms with Crippen molar-refractivity contribution in [1.29, 1.82) is 0 Å². The second kappa shape index (κ2) is 8.31. The van der Waals surface area contributed by atoms with E-state index in [-0.39, 0.29) is 11.7 Å². The van der Waals surface area contributed by atoms with Crippen LogP contribution in [-0.4, -0.2) is 46.9 Å². The second-order valence-corrected chi connectivity index (χ2v) is 6.97. The molecule has 1 saturated heterocycles. The Morgan fingerprint density at radius 3 is 2.39 bits per heavy atom. The number of carbonyl (C=O) groups is 1.